The largest absolute Gasteiger partial charge is 0.482 e. The van der Waals surface area contributed by atoms with Crippen LogP contribution in [0, 0.1) is 22.7 Å². The molecule has 0 N–H and O–H groups in total. The Balaban J connectivity index is 2.49. The van der Waals surface area contributed by atoms with E-state index in [1.54, 1.807) is 6.07 Å². The molecule has 0 heterocycles. The third-order valence-corrected chi connectivity index (χ3v) is 3.58. The number of benzene rings is 1. The van der Waals surface area contributed by atoms with Crippen LogP contribution in [-0.2, 0) is 14.3 Å². The minimum absolute atomic E-state index is 0.153. The van der Waals surface area contributed by atoms with Crippen LogP contribution in [0.4, 0.5) is 0 Å². The number of carbonyl (C=O) groups excluding carboxylic acids is 2. The molecule has 0 aliphatic rings. The quantitative estimate of drug-likeness (QED) is 0.596. The summed E-state index contributed by atoms with van der Waals surface area (Å²) < 4.78 is 10.4. The second-order valence-corrected chi connectivity index (χ2v) is 5.84. The molecule has 0 aliphatic heterocycles. The number of carbonyl (C=O) groups is 2. The summed E-state index contributed by atoms with van der Waals surface area (Å²) in [4.78, 5) is 25.2. The van der Waals surface area contributed by atoms with Gasteiger partial charge >= 0.3 is 5.97 Å². The normalized spacial score (nSPS) is 9.88. The van der Waals surface area contributed by atoms with Gasteiger partial charge in [0.05, 0.1) is 25.0 Å². The van der Waals surface area contributed by atoms with E-state index in [9.17, 15) is 9.59 Å². The summed E-state index contributed by atoms with van der Waals surface area (Å²) in [6, 6.07) is 11.3. The molecule has 0 atom stereocenters. The van der Waals surface area contributed by atoms with Crippen LogP contribution in [0.3, 0.4) is 0 Å². The second kappa shape index (κ2) is 11.5. The zero-order chi connectivity index (χ0) is 19.4. The number of amides is 1. The lowest BCUT2D eigenvalue weighted by molar-refractivity contribution is -0.153. The molecule has 7 heteroatoms. The topological polar surface area (TPSA) is 103 Å². The van der Waals surface area contributed by atoms with Crippen molar-refractivity contribution in [1.29, 1.82) is 10.5 Å². The van der Waals surface area contributed by atoms with Gasteiger partial charge in [-0.2, -0.15) is 10.5 Å². The van der Waals surface area contributed by atoms with Crippen molar-refractivity contribution in [1.82, 2.24) is 4.90 Å². The van der Waals surface area contributed by atoms with E-state index in [0.717, 1.165) is 5.56 Å². The second-order valence-electron chi connectivity index (χ2n) is 5.84. The van der Waals surface area contributed by atoms with E-state index < -0.39 is 18.5 Å². The Kier molecular flexibility index (Phi) is 9.27. The molecular formula is C19H23N3O4. The van der Waals surface area contributed by atoms with Crippen LogP contribution in [-0.4, -0.2) is 43.1 Å². The number of hydrogen-bond donors (Lipinski definition) is 0. The first-order chi connectivity index (χ1) is 12.5. The standard InChI is InChI=1S/C19H23N3O4/c1-15(2)16-7-3-4-8-17(16)25-14-19(24)26-13-18(23)22(11-5-9-20)12-6-10-21/h3-4,7-8,15H,5-6,11-14H2,1-2H3. The molecule has 0 bridgehead atoms. The molecule has 0 saturated heterocycles. The van der Waals surface area contributed by atoms with Crippen LogP contribution < -0.4 is 4.74 Å². The molecule has 1 rings (SSSR count). The molecule has 0 aromatic heterocycles. The molecule has 1 amide bonds. The summed E-state index contributed by atoms with van der Waals surface area (Å²) in [5.74, 6) is -0.239. The fourth-order valence-electron chi connectivity index (χ4n) is 2.23. The number of rotatable bonds is 10. The highest BCUT2D eigenvalue weighted by atomic mass is 16.6. The third-order valence-electron chi connectivity index (χ3n) is 3.58. The Morgan fingerprint density at radius 1 is 1.08 bits per heavy atom. The van der Waals surface area contributed by atoms with Crippen LogP contribution in [0.5, 0.6) is 5.75 Å². The monoisotopic (exact) mass is 357 g/mol. The first kappa shape index (κ1) is 21.0. The van der Waals surface area contributed by atoms with Crippen LogP contribution in [0.2, 0.25) is 0 Å². The van der Waals surface area contributed by atoms with E-state index in [1.807, 2.05) is 44.2 Å². The van der Waals surface area contributed by atoms with E-state index in [1.165, 1.54) is 4.90 Å². The molecular weight excluding hydrogens is 334 g/mol. The SMILES string of the molecule is CC(C)c1ccccc1OCC(=O)OCC(=O)N(CCC#N)CCC#N. The number of hydrogen-bond acceptors (Lipinski definition) is 6. The summed E-state index contributed by atoms with van der Waals surface area (Å²) in [6.45, 7) is 3.71. The van der Waals surface area contributed by atoms with Gasteiger partial charge < -0.3 is 14.4 Å². The van der Waals surface area contributed by atoms with Crippen LogP contribution in [0.15, 0.2) is 24.3 Å². The highest BCUT2D eigenvalue weighted by Crippen LogP contribution is 2.25. The first-order valence-corrected chi connectivity index (χ1v) is 8.38. The highest BCUT2D eigenvalue weighted by Gasteiger charge is 2.16. The molecule has 0 fully saturated rings. The van der Waals surface area contributed by atoms with Crippen molar-refractivity contribution >= 4 is 11.9 Å². The summed E-state index contributed by atoms with van der Waals surface area (Å²) in [5, 5.41) is 17.3. The fourth-order valence-corrected chi connectivity index (χ4v) is 2.23. The van der Waals surface area contributed by atoms with E-state index in [2.05, 4.69) is 0 Å². The maximum atomic E-state index is 12.1. The number of ether oxygens (including phenoxy) is 2. The third kappa shape index (κ3) is 7.23. The molecule has 1 aromatic carbocycles. The zero-order valence-electron chi connectivity index (χ0n) is 15.1. The Labute approximate surface area is 153 Å². The lowest BCUT2D eigenvalue weighted by Gasteiger charge is -2.20. The van der Waals surface area contributed by atoms with Gasteiger partial charge in [0.2, 0.25) is 0 Å². The van der Waals surface area contributed by atoms with Crippen molar-refractivity contribution in [2.75, 3.05) is 26.3 Å². The lowest BCUT2D eigenvalue weighted by atomic mass is 10.0. The molecule has 138 valence electrons. The molecule has 0 spiro atoms. The molecule has 0 aliphatic carbocycles. The number of nitrogens with zero attached hydrogens (tertiary/aromatic N) is 3. The van der Waals surface area contributed by atoms with Crippen molar-refractivity contribution < 1.29 is 19.1 Å². The van der Waals surface area contributed by atoms with Crippen LogP contribution in [0.25, 0.3) is 0 Å². The van der Waals surface area contributed by atoms with Gasteiger partial charge in [-0.05, 0) is 17.5 Å². The van der Waals surface area contributed by atoms with Crippen molar-refractivity contribution in [2.45, 2.75) is 32.6 Å². The Hall–Kier alpha value is -3.06. The molecule has 26 heavy (non-hydrogen) atoms. The maximum absolute atomic E-state index is 12.1. The Morgan fingerprint density at radius 3 is 2.27 bits per heavy atom. The Morgan fingerprint density at radius 2 is 1.69 bits per heavy atom. The predicted molar refractivity (Wildman–Crippen MR) is 94.0 cm³/mol. The number of esters is 1. The summed E-state index contributed by atoms with van der Waals surface area (Å²) in [5.41, 5.74) is 0.982. The van der Waals surface area contributed by atoms with E-state index in [0.29, 0.717) is 5.75 Å². The van der Waals surface area contributed by atoms with Gasteiger partial charge in [-0.25, -0.2) is 4.79 Å². The summed E-state index contributed by atoms with van der Waals surface area (Å²) in [6.07, 6.45) is 0.306. The predicted octanol–water partition coefficient (Wildman–Crippen LogP) is 2.39. The van der Waals surface area contributed by atoms with E-state index in [-0.39, 0.29) is 38.5 Å². The van der Waals surface area contributed by atoms with E-state index >= 15 is 0 Å². The average Bonchev–Trinajstić information content (AvgIpc) is 2.64. The van der Waals surface area contributed by atoms with Gasteiger partial charge in [0.25, 0.3) is 5.91 Å². The molecule has 0 unspecified atom stereocenters. The summed E-state index contributed by atoms with van der Waals surface area (Å²) in [7, 11) is 0. The van der Waals surface area contributed by atoms with Crippen molar-refractivity contribution in [3.8, 4) is 17.9 Å². The van der Waals surface area contributed by atoms with Crippen molar-refractivity contribution in [2.24, 2.45) is 0 Å². The smallest absolute Gasteiger partial charge is 0.344 e. The fraction of sp³-hybridized carbons (Fsp3) is 0.474. The van der Waals surface area contributed by atoms with Crippen LogP contribution >= 0.6 is 0 Å². The minimum atomic E-state index is -0.655. The lowest BCUT2D eigenvalue weighted by Crippen LogP contribution is -2.36. The number of para-hydroxylation sites is 1. The molecule has 7 nitrogen and oxygen atoms in total. The van der Waals surface area contributed by atoms with Gasteiger partial charge in [-0.3, -0.25) is 4.79 Å². The minimum Gasteiger partial charge on any atom is -0.482 e. The number of nitriles is 2. The average molecular weight is 357 g/mol. The van der Waals surface area contributed by atoms with Gasteiger partial charge in [0, 0.05) is 13.1 Å². The Bertz CT molecular complexity index is 671. The van der Waals surface area contributed by atoms with Gasteiger partial charge in [0.15, 0.2) is 13.2 Å². The van der Waals surface area contributed by atoms with E-state index in [4.69, 9.17) is 20.0 Å². The first-order valence-electron chi connectivity index (χ1n) is 8.38. The molecule has 0 radical (unpaired) electrons. The summed E-state index contributed by atoms with van der Waals surface area (Å²) >= 11 is 0. The zero-order valence-corrected chi connectivity index (χ0v) is 15.1. The van der Waals surface area contributed by atoms with Gasteiger partial charge in [0.1, 0.15) is 5.75 Å². The highest BCUT2D eigenvalue weighted by molar-refractivity contribution is 5.81. The maximum Gasteiger partial charge on any atom is 0.344 e. The van der Waals surface area contributed by atoms with Crippen molar-refractivity contribution in [3.05, 3.63) is 29.8 Å². The van der Waals surface area contributed by atoms with Crippen LogP contribution in [0.1, 0.15) is 38.2 Å². The molecule has 1 aromatic rings. The van der Waals surface area contributed by atoms with Crippen molar-refractivity contribution in [3.63, 3.8) is 0 Å². The molecule has 0 saturated carbocycles. The van der Waals surface area contributed by atoms with Gasteiger partial charge in [-0.15, -0.1) is 0 Å². The van der Waals surface area contributed by atoms with Gasteiger partial charge in [-0.1, -0.05) is 32.0 Å².